The van der Waals surface area contributed by atoms with E-state index < -0.39 is 0 Å². The molecule has 0 unspecified atom stereocenters. The van der Waals surface area contributed by atoms with Crippen LogP contribution in [0.2, 0.25) is 0 Å². The molecule has 0 spiro atoms. The number of anilines is 1. The van der Waals surface area contributed by atoms with Gasteiger partial charge in [-0.15, -0.1) is 0 Å². The smallest absolute Gasteiger partial charge is 0.259 e. The van der Waals surface area contributed by atoms with Crippen molar-refractivity contribution in [3.63, 3.8) is 0 Å². The molecule has 1 atom stereocenters. The third kappa shape index (κ3) is 4.84. The molecule has 0 bridgehead atoms. The van der Waals surface area contributed by atoms with Crippen molar-refractivity contribution in [2.24, 2.45) is 0 Å². The minimum atomic E-state index is -0.284. The van der Waals surface area contributed by atoms with Crippen LogP contribution in [0.15, 0.2) is 59.9 Å². The summed E-state index contributed by atoms with van der Waals surface area (Å²) in [5.74, 6) is 0.108. The summed E-state index contributed by atoms with van der Waals surface area (Å²) in [4.78, 5) is 27.3. The molecule has 38 heavy (non-hydrogen) atoms. The lowest BCUT2D eigenvalue weighted by Gasteiger charge is -2.20. The van der Waals surface area contributed by atoms with E-state index in [4.69, 9.17) is 4.74 Å². The highest BCUT2D eigenvalue weighted by atomic mass is 16.5. The van der Waals surface area contributed by atoms with Crippen LogP contribution in [-0.4, -0.2) is 34.4 Å². The molecule has 0 radical (unpaired) electrons. The van der Waals surface area contributed by atoms with Crippen LogP contribution in [0.25, 0.3) is 10.9 Å². The molecule has 6 heteroatoms. The third-order valence-corrected chi connectivity index (χ3v) is 7.81. The molecule has 6 nitrogen and oxygen atoms in total. The van der Waals surface area contributed by atoms with E-state index in [9.17, 15) is 9.59 Å². The molecule has 0 fully saturated rings. The number of nitrogens with zero attached hydrogens (tertiary/aromatic N) is 2. The normalized spacial score (nSPS) is 16.7. The van der Waals surface area contributed by atoms with Gasteiger partial charge in [-0.05, 0) is 55.7 Å². The summed E-state index contributed by atoms with van der Waals surface area (Å²) in [6.07, 6.45) is 9.57. The number of carbonyl (C=O) groups is 2. The summed E-state index contributed by atoms with van der Waals surface area (Å²) < 4.78 is 8.31. The Balaban J connectivity index is 1.48. The summed E-state index contributed by atoms with van der Waals surface area (Å²) in [6, 6.07) is 14.7. The molecular formula is C32H39N3O3. The Hall–Kier alpha value is -3.54. The zero-order valence-corrected chi connectivity index (χ0v) is 23.0. The number of benzene rings is 2. The molecule has 200 valence electrons. The van der Waals surface area contributed by atoms with E-state index >= 15 is 0 Å². The number of rotatable bonds is 10. The van der Waals surface area contributed by atoms with Gasteiger partial charge in [0.2, 0.25) is 5.91 Å². The van der Waals surface area contributed by atoms with Crippen LogP contribution >= 0.6 is 0 Å². The minimum Gasteiger partial charge on any atom is -0.494 e. The molecule has 3 heterocycles. The SMILES string of the molecule is CCCCCCCCOc1ccc([C@@H]2C3=C(CN(C(C)=O)C3=O)Nc3cccc4c3c2cn4C(C)C)cc1. The average molecular weight is 514 g/mol. The molecule has 5 rings (SSSR count). The van der Waals surface area contributed by atoms with Crippen molar-refractivity contribution in [2.75, 3.05) is 18.5 Å². The molecule has 0 aliphatic carbocycles. The summed E-state index contributed by atoms with van der Waals surface area (Å²) in [7, 11) is 0. The number of hydrogen-bond donors (Lipinski definition) is 1. The molecule has 0 saturated heterocycles. The van der Waals surface area contributed by atoms with Gasteiger partial charge in [0.15, 0.2) is 0 Å². The molecule has 2 aliphatic heterocycles. The fourth-order valence-electron chi connectivity index (χ4n) is 5.83. The van der Waals surface area contributed by atoms with Crippen molar-refractivity contribution >= 4 is 28.4 Å². The summed E-state index contributed by atoms with van der Waals surface area (Å²) in [5.41, 5.74) is 5.68. The second kappa shape index (κ2) is 11.1. The predicted molar refractivity (Wildman–Crippen MR) is 153 cm³/mol. The molecular weight excluding hydrogens is 474 g/mol. The summed E-state index contributed by atoms with van der Waals surface area (Å²) in [6.45, 7) is 9.01. The molecule has 2 aliphatic rings. The summed E-state index contributed by atoms with van der Waals surface area (Å²) in [5, 5.41) is 4.67. The lowest BCUT2D eigenvalue weighted by Crippen LogP contribution is -2.33. The standard InChI is InChI=1S/C32H39N3O3/c1-5-6-7-8-9-10-18-38-24-16-14-23(15-17-24)29-25-19-34(21(2)3)28-13-11-12-26(30(25)28)33-27-20-35(22(4)36)32(37)31(27)29/h11-17,19,21,29,33H,5-10,18,20H2,1-4H3/t29-/m0/s1. The molecule has 0 saturated carbocycles. The van der Waals surface area contributed by atoms with Gasteiger partial charge in [-0.3, -0.25) is 14.5 Å². The number of amides is 2. The lowest BCUT2D eigenvalue weighted by atomic mass is 9.84. The second-order valence-electron chi connectivity index (χ2n) is 10.8. The van der Waals surface area contributed by atoms with E-state index in [-0.39, 0.29) is 30.3 Å². The number of nitrogens with one attached hydrogen (secondary N) is 1. The highest BCUT2D eigenvalue weighted by Crippen LogP contribution is 2.47. The molecule has 2 aromatic carbocycles. The maximum atomic E-state index is 13.6. The monoisotopic (exact) mass is 513 g/mol. The first-order chi connectivity index (χ1) is 18.4. The van der Waals surface area contributed by atoms with Gasteiger partial charge >= 0.3 is 0 Å². The number of hydrogen-bond acceptors (Lipinski definition) is 4. The maximum Gasteiger partial charge on any atom is 0.259 e. The Morgan fingerprint density at radius 3 is 2.50 bits per heavy atom. The van der Waals surface area contributed by atoms with Gasteiger partial charge in [-0.25, -0.2) is 0 Å². The van der Waals surface area contributed by atoms with E-state index in [0.29, 0.717) is 12.2 Å². The number of unbranched alkanes of at least 4 members (excludes halogenated alkanes) is 5. The van der Waals surface area contributed by atoms with Gasteiger partial charge in [0.1, 0.15) is 5.75 Å². The number of imide groups is 1. The van der Waals surface area contributed by atoms with Gasteiger partial charge in [0.05, 0.1) is 24.2 Å². The third-order valence-electron chi connectivity index (χ3n) is 7.81. The minimum absolute atomic E-state index is 0.216. The topological polar surface area (TPSA) is 63.6 Å². The van der Waals surface area contributed by atoms with Crippen LogP contribution in [0.5, 0.6) is 5.75 Å². The van der Waals surface area contributed by atoms with Gasteiger partial charge < -0.3 is 14.6 Å². The van der Waals surface area contributed by atoms with E-state index in [0.717, 1.165) is 45.6 Å². The zero-order valence-electron chi connectivity index (χ0n) is 23.0. The maximum absolute atomic E-state index is 13.6. The first-order valence-electron chi connectivity index (χ1n) is 14.1. The Kier molecular flexibility index (Phi) is 7.59. The van der Waals surface area contributed by atoms with Crippen LogP contribution in [0.1, 0.15) is 89.3 Å². The largest absolute Gasteiger partial charge is 0.494 e. The molecule has 1 N–H and O–H groups in total. The van der Waals surface area contributed by atoms with Gasteiger partial charge in [-0.1, -0.05) is 57.2 Å². The van der Waals surface area contributed by atoms with E-state index in [2.05, 4.69) is 61.1 Å². The van der Waals surface area contributed by atoms with Gasteiger partial charge in [-0.2, -0.15) is 0 Å². The second-order valence-corrected chi connectivity index (χ2v) is 10.8. The first kappa shape index (κ1) is 26.1. The van der Waals surface area contributed by atoms with E-state index in [1.54, 1.807) is 0 Å². The Morgan fingerprint density at radius 2 is 1.79 bits per heavy atom. The average Bonchev–Trinajstić information content (AvgIpc) is 3.40. The van der Waals surface area contributed by atoms with Crippen molar-refractivity contribution < 1.29 is 14.3 Å². The fourth-order valence-corrected chi connectivity index (χ4v) is 5.83. The quantitative estimate of drug-likeness (QED) is 0.292. The Bertz CT molecular complexity index is 1370. The Labute approximate surface area is 225 Å². The predicted octanol–water partition coefficient (Wildman–Crippen LogP) is 7.16. The zero-order chi connectivity index (χ0) is 26.8. The Morgan fingerprint density at radius 1 is 1.05 bits per heavy atom. The van der Waals surface area contributed by atoms with Crippen molar-refractivity contribution in [3.05, 3.63) is 71.1 Å². The fraction of sp³-hybridized carbons (Fsp3) is 0.438. The molecule has 3 aromatic rings. The van der Waals surface area contributed by atoms with Gasteiger partial charge in [0.25, 0.3) is 5.91 Å². The highest BCUT2D eigenvalue weighted by molar-refractivity contribution is 6.11. The van der Waals surface area contributed by atoms with E-state index in [1.807, 2.05) is 18.2 Å². The number of aromatic nitrogens is 1. The highest BCUT2D eigenvalue weighted by Gasteiger charge is 2.41. The first-order valence-corrected chi connectivity index (χ1v) is 14.1. The van der Waals surface area contributed by atoms with Crippen LogP contribution in [-0.2, 0) is 9.59 Å². The van der Waals surface area contributed by atoms with Crippen molar-refractivity contribution in [2.45, 2.75) is 78.2 Å². The van der Waals surface area contributed by atoms with E-state index in [1.165, 1.54) is 43.9 Å². The summed E-state index contributed by atoms with van der Waals surface area (Å²) >= 11 is 0. The van der Waals surface area contributed by atoms with Crippen LogP contribution in [0.4, 0.5) is 5.69 Å². The van der Waals surface area contributed by atoms with Crippen LogP contribution in [0, 0.1) is 0 Å². The number of ether oxygens (including phenoxy) is 1. The van der Waals surface area contributed by atoms with Crippen molar-refractivity contribution in [3.8, 4) is 5.75 Å². The van der Waals surface area contributed by atoms with Gasteiger partial charge in [0, 0.05) is 41.9 Å². The molecule has 1 aromatic heterocycles. The lowest BCUT2D eigenvalue weighted by molar-refractivity contribution is -0.139. The molecule has 2 amide bonds. The number of carbonyl (C=O) groups excluding carboxylic acids is 2. The van der Waals surface area contributed by atoms with Crippen molar-refractivity contribution in [1.29, 1.82) is 0 Å². The van der Waals surface area contributed by atoms with Crippen LogP contribution < -0.4 is 10.1 Å². The van der Waals surface area contributed by atoms with Crippen LogP contribution in [0.3, 0.4) is 0 Å². The van der Waals surface area contributed by atoms with Crippen molar-refractivity contribution in [1.82, 2.24) is 9.47 Å².